The molecule has 0 saturated heterocycles. The molecule has 0 aromatic carbocycles. The zero-order valence-corrected chi connectivity index (χ0v) is 12.1. The van der Waals surface area contributed by atoms with Gasteiger partial charge in [0.1, 0.15) is 6.10 Å². The Morgan fingerprint density at radius 1 is 1.19 bits per heavy atom. The Bertz CT molecular complexity index is 779. The predicted molar refractivity (Wildman–Crippen MR) is 77.4 cm³/mol. The molecule has 3 rings (SSSR count). The molecule has 8 nitrogen and oxygen atoms in total. The maximum absolute atomic E-state index is 12.1. The first kappa shape index (κ1) is 13.9. The SMILES string of the molecule is Cn1c(=O)c2[nH]c(OC3CCC(N)CC3)nc2n(C)c1=O. The first-order chi connectivity index (χ1) is 9.97. The first-order valence-electron chi connectivity index (χ1n) is 7.05. The highest BCUT2D eigenvalue weighted by Gasteiger charge is 2.22. The monoisotopic (exact) mass is 293 g/mol. The van der Waals surface area contributed by atoms with Crippen LogP contribution in [0.4, 0.5) is 0 Å². The molecule has 2 heterocycles. The molecule has 0 spiro atoms. The van der Waals surface area contributed by atoms with Crippen LogP contribution in [0, 0.1) is 0 Å². The van der Waals surface area contributed by atoms with Crippen molar-refractivity contribution in [3.63, 3.8) is 0 Å². The van der Waals surface area contributed by atoms with Crippen LogP contribution in [0.15, 0.2) is 9.59 Å². The van der Waals surface area contributed by atoms with Gasteiger partial charge in [-0.15, -0.1) is 0 Å². The quantitative estimate of drug-likeness (QED) is 0.784. The van der Waals surface area contributed by atoms with E-state index in [9.17, 15) is 9.59 Å². The highest BCUT2D eigenvalue weighted by Crippen LogP contribution is 2.22. The van der Waals surface area contributed by atoms with Gasteiger partial charge in [-0.3, -0.25) is 13.9 Å². The van der Waals surface area contributed by atoms with Crippen molar-refractivity contribution < 1.29 is 4.74 Å². The van der Waals surface area contributed by atoms with Crippen LogP contribution >= 0.6 is 0 Å². The molecule has 0 unspecified atom stereocenters. The van der Waals surface area contributed by atoms with E-state index in [-0.39, 0.29) is 23.7 Å². The van der Waals surface area contributed by atoms with Crippen LogP contribution < -0.4 is 21.7 Å². The molecule has 0 radical (unpaired) electrons. The number of imidazole rings is 1. The number of rotatable bonds is 2. The fourth-order valence-corrected chi connectivity index (χ4v) is 2.73. The number of aromatic nitrogens is 4. The Morgan fingerprint density at radius 3 is 2.52 bits per heavy atom. The topological polar surface area (TPSA) is 108 Å². The minimum Gasteiger partial charge on any atom is -0.461 e. The highest BCUT2D eigenvalue weighted by atomic mass is 16.5. The lowest BCUT2D eigenvalue weighted by Gasteiger charge is -2.25. The molecule has 1 aliphatic carbocycles. The van der Waals surface area contributed by atoms with E-state index >= 15 is 0 Å². The van der Waals surface area contributed by atoms with Crippen LogP contribution in [0.3, 0.4) is 0 Å². The number of nitrogens with zero attached hydrogens (tertiary/aromatic N) is 3. The van der Waals surface area contributed by atoms with E-state index in [0.29, 0.717) is 5.65 Å². The lowest BCUT2D eigenvalue weighted by molar-refractivity contribution is 0.136. The van der Waals surface area contributed by atoms with E-state index in [1.54, 1.807) is 7.05 Å². The molecule has 0 atom stereocenters. The Labute approximate surface area is 120 Å². The lowest BCUT2D eigenvalue weighted by atomic mass is 9.94. The molecule has 2 aromatic heterocycles. The van der Waals surface area contributed by atoms with Gasteiger partial charge >= 0.3 is 5.69 Å². The van der Waals surface area contributed by atoms with E-state index in [0.717, 1.165) is 30.3 Å². The van der Waals surface area contributed by atoms with E-state index in [4.69, 9.17) is 10.5 Å². The van der Waals surface area contributed by atoms with Crippen molar-refractivity contribution >= 4 is 11.2 Å². The molecule has 8 heteroatoms. The third-order valence-corrected chi connectivity index (χ3v) is 4.07. The Hall–Kier alpha value is -2.09. The fraction of sp³-hybridized carbons (Fsp3) is 0.615. The molecule has 21 heavy (non-hydrogen) atoms. The summed E-state index contributed by atoms with van der Waals surface area (Å²) in [6, 6.07) is 0.525. The van der Waals surface area contributed by atoms with E-state index in [1.807, 2.05) is 0 Å². The van der Waals surface area contributed by atoms with Crippen molar-refractivity contribution in [3.8, 4) is 6.01 Å². The van der Waals surface area contributed by atoms with Crippen LogP contribution in [-0.4, -0.2) is 31.2 Å². The van der Waals surface area contributed by atoms with Crippen LogP contribution in [0.25, 0.3) is 11.2 Å². The number of nitrogens with two attached hydrogens (primary N) is 1. The van der Waals surface area contributed by atoms with E-state index in [2.05, 4.69) is 9.97 Å². The van der Waals surface area contributed by atoms with Crippen molar-refractivity contribution in [1.29, 1.82) is 0 Å². The van der Waals surface area contributed by atoms with Crippen LogP contribution in [0.2, 0.25) is 0 Å². The zero-order chi connectivity index (χ0) is 15.1. The van der Waals surface area contributed by atoms with Gasteiger partial charge in [-0.25, -0.2) is 4.79 Å². The maximum Gasteiger partial charge on any atom is 0.332 e. The summed E-state index contributed by atoms with van der Waals surface area (Å²) in [5, 5.41) is 0. The number of nitrogens with one attached hydrogen (secondary N) is 1. The molecule has 1 fully saturated rings. The number of aryl methyl sites for hydroxylation is 1. The fourth-order valence-electron chi connectivity index (χ4n) is 2.73. The summed E-state index contributed by atoms with van der Waals surface area (Å²) >= 11 is 0. The van der Waals surface area contributed by atoms with Crippen molar-refractivity contribution in [2.45, 2.75) is 37.8 Å². The largest absolute Gasteiger partial charge is 0.461 e. The van der Waals surface area contributed by atoms with Gasteiger partial charge in [0.15, 0.2) is 11.2 Å². The van der Waals surface area contributed by atoms with Gasteiger partial charge in [0.2, 0.25) is 0 Å². The van der Waals surface area contributed by atoms with Gasteiger partial charge in [0, 0.05) is 20.1 Å². The summed E-state index contributed by atoms with van der Waals surface area (Å²) in [5.74, 6) is 0. The molecule has 0 bridgehead atoms. The zero-order valence-electron chi connectivity index (χ0n) is 12.1. The Balaban J connectivity index is 1.95. The van der Waals surface area contributed by atoms with Crippen LogP contribution in [-0.2, 0) is 14.1 Å². The van der Waals surface area contributed by atoms with Gasteiger partial charge in [0.05, 0.1) is 0 Å². The summed E-state index contributed by atoms with van der Waals surface area (Å²) in [4.78, 5) is 31.0. The standard InChI is InChI=1S/C13H19N5O3/c1-17-10-9(11(19)18(2)13(17)20)15-12(16-10)21-8-5-3-7(14)4-6-8/h7-8H,3-6,14H2,1-2H3,(H,15,16). The minimum atomic E-state index is -0.408. The van der Waals surface area contributed by atoms with Gasteiger partial charge in [-0.1, -0.05) is 0 Å². The molecular weight excluding hydrogens is 274 g/mol. The molecule has 1 aliphatic rings. The van der Waals surface area contributed by atoms with Crippen molar-refractivity contribution in [2.24, 2.45) is 19.8 Å². The highest BCUT2D eigenvalue weighted by molar-refractivity contribution is 5.70. The predicted octanol–water partition coefficient (Wildman–Crippen LogP) is -0.391. The van der Waals surface area contributed by atoms with Gasteiger partial charge in [-0.2, -0.15) is 4.98 Å². The van der Waals surface area contributed by atoms with E-state index in [1.165, 1.54) is 11.6 Å². The molecule has 2 aromatic rings. The second kappa shape index (κ2) is 5.03. The number of aromatic amines is 1. The van der Waals surface area contributed by atoms with Crippen molar-refractivity contribution in [3.05, 3.63) is 20.8 Å². The van der Waals surface area contributed by atoms with Crippen LogP contribution in [0.5, 0.6) is 6.01 Å². The Kier molecular flexibility index (Phi) is 3.32. The summed E-state index contributed by atoms with van der Waals surface area (Å²) in [7, 11) is 3.02. The third-order valence-electron chi connectivity index (χ3n) is 4.07. The number of ether oxygens (including phenoxy) is 1. The molecule has 114 valence electrons. The van der Waals surface area contributed by atoms with E-state index < -0.39 is 11.2 Å². The van der Waals surface area contributed by atoms with Gasteiger partial charge < -0.3 is 15.5 Å². The first-order valence-corrected chi connectivity index (χ1v) is 7.05. The normalized spacial score (nSPS) is 22.6. The minimum absolute atomic E-state index is 0.0474. The smallest absolute Gasteiger partial charge is 0.332 e. The summed E-state index contributed by atoms with van der Waals surface area (Å²) in [6.45, 7) is 0. The summed E-state index contributed by atoms with van der Waals surface area (Å²) < 4.78 is 8.17. The molecule has 3 N–H and O–H groups in total. The van der Waals surface area contributed by atoms with Gasteiger partial charge in [-0.05, 0) is 25.7 Å². The van der Waals surface area contributed by atoms with Crippen LogP contribution in [0.1, 0.15) is 25.7 Å². The maximum atomic E-state index is 12.1. The number of H-pyrrole nitrogens is 1. The average molecular weight is 293 g/mol. The second-order valence-corrected chi connectivity index (χ2v) is 5.60. The Morgan fingerprint density at radius 2 is 1.86 bits per heavy atom. The van der Waals surface area contributed by atoms with Gasteiger partial charge in [0.25, 0.3) is 11.6 Å². The molecule has 1 saturated carbocycles. The number of hydrogen-bond acceptors (Lipinski definition) is 5. The van der Waals surface area contributed by atoms with Crippen molar-refractivity contribution in [1.82, 2.24) is 19.1 Å². The molecular formula is C13H19N5O3. The molecule has 0 amide bonds. The number of fused-ring (bicyclic) bond motifs is 1. The average Bonchev–Trinajstić information content (AvgIpc) is 2.89. The third kappa shape index (κ3) is 2.35. The lowest BCUT2D eigenvalue weighted by Crippen LogP contribution is -2.36. The number of hydrogen-bond donors (Lipinski definition) is 2. The summed E-state index contributed by atoms with van der Waals surface area (Å²) in [6.07, 6.45) is 3.63. The second-order valence-electron chi connectivity index (χ2n) is 5.60. The summed E-state index contributed by atoms with van der Waals surface area (Å²) in [5.41, 5.74) is 5.64. The van der Waals surface area contributed by atoms with Crippen molar-refractivity contribution in [2.75, 3.05) is 0 Å². The molecule has 0 aliphatic heterocycles.